The molecule has 15 heavy (non-hydrogen) atoms. The number of H-pyrrole nitrogens is 1. The molecule has 1 aliphatic heterocycles. The second kappa shape index (κ2) is 4.16. The zero-order valence-electron chi connectivity index (χ0n) is 8.10. The lowest BCUT2D eigenvalue weighted by molar-refractivity contribution is 0.0787. The van der Waals surface area contributed by atoms with Crippen molar-refractivity contribution in [2.75, 3.05) is 13.1 Å². The molecular weight excluding hydrogens is 216 g/mol. The zero-order chi connectivity index (χ0) is 10.8. The van der Waals surface area contributed by atoms with Crippen molar-refractivity contribution in [2.45, 2.75) is 17.7 Å². The molecule has 2 rings (SSSR count). The molecule has 1 aliphatic rings. The molecule has 0 saturated carbocycles. The van der Waals surface area contributed by atoms with Gasteiger partial charge >= 0.3 is 0 Å². The molecule has 1 aromatic rings. The van der Waals surface area contributed by atoms with Crippen LogP contribution in [0.3, 0.4) is 0 Å². The van der Waals surface area contributed by atoms with Gasteiger partial charge in [0.25, 0.3) is 5.91 Å². The van der Waals surface area contributed by atoms with E-state index in [4.69, 9.17) is 4.55 Å². The molecule has 2 N–H and O–H groups in total. The first-order valence-corrected chi connectivity index (χ1v) is 5.87. The minimum Gasteiger partial charge on any atom is -0.356 e. The quantitative estimate of drug-likeness (QED) is 0.736. The number of aromatic nitrogens is 1. The highest BCUT2D eigenvalue weighted by Crippen LogP contribution is 2.14. The number of carbonyl (C=O) groups is 1. The molecule has 1 unspecified atom stereocenters. The number of carbonyl (C=O) groups excluding carboxylic acids is 1. The van der Waals surface area contributed by atoms with Gasteiger partial charge in [-0.05, 0) is 18.9 Å². The highest BCUT2D eigenvalue weighted by Gasteiger charge is 2.21. The number of hydrogen-bond acceptors (Lipinski definition) is 2. The van der Waals surface area contributed by atoms with Gasteiger partial charge in [-0.15, -0.1) is 0 Å². The normalized spacial score (nSPS) is 18.1. The minimum absolute atomic E-state index is 0.0933. The molecule has 1 fully saturated rings. The third-order valence-electron chi connectivity index (χ3n) is 2.48. The maximum atomic E-state index is 11.8. The SMILES string of the molecule is O=C(c1cc(S(=O)O)c[nH]1)N1CCCC1. The molecular formula is C9H12N2O3S. The first-order chi connectivity index (χ1) is 7.18. The first-order valence-electron chi connectivity index (χ1n) is 4.77. The van der Waals surface area contributed by atoms with Gasteiger partial charge in [-0.1, -0.05) is 0 Å². The zero-order valence-corrected chi connectivity index (χ0v) is 8.92. The monoisotopic (exact) mass is 228 g/mol. The number of rotatable bonds is 2. The van der Waals surface area contributed by atoms with E-state index in [0.717, 1.165) is 25.9 Å². The largest absolute Gasteiger partial charge is 0.356 e. The van der Waals surface area contributed by atoms with Crippen LogP contribution < -0.4 is 0 Å². The van der Waals surface area contributed by atoms with Crippen LogP contribution in [0, 0.1) is 0 Å². The summed E-state index contributed by atoms with van der Waals surface area (Å²) in [5, 5.41) is 0. The van der Waals surface area contributed by atoms with Gasteiger partial charge in [-0.3, -0.25) is 4.79 Å². The van der Waals surface area contributed by atoms with Gasteiger partial charge in [0.1, 0.15) is 5.69 Å². The summed E-state index contributed by atoms with van der Waals surface area (Å²) in [5.41, 5.74) is 0.384. The Morgan fingerprint density at radius 3 is 2.67 bits per heavy atom. The van der Waals surface area contributed by atoms with Crippen molar-refractivity contribution in [1.82, 2.24) is 9.88 Å². The fourth-order valence-electron chi connectivity index (χ4n) is 1.69. The summed E-state index contributed by atoms with van der Waals surface area (Å²) < 4.78 is 19.5. The van der Waals surface area contributed by atoms with Crippen LogP contribution in [0.1, 0.15) is 23.3 Å². The number of nitrogens with one attached hydrogen (secondary N) is 1. The lowest BCUT2D eigenvalue weighted by Gasteiger charge is -2.13. The van der Waals surface area contributed by atoms with Crippen molar-refractivity contribution >= 4 is 17.0 Å². The van der Waals surface area contributed by atoms with Crippen LogP contribution in [0.2, 0.25) is 0 Å². The Bertz CT molecular complexity index is 396. The second-order valence-electron chi connectivity index (χ2n) is 3.50. The Morgan fingerprint density at radius 1 is 1.47 bits per heavy atom. The van der Waals surface area contributed by atoms with E-state index in [0.29, 0.717) is 5.69 Å². The molecule has 1 atom stereocenters. The van der Waals surface area contributed by atoms with Crippen molar-refractivity contribution in [3.05, 3.63) is 18.0 Å². The lowest BCUT2D eigenvalue weighted by Crippen LogP contribution is -2.27. The molecule has 0 radical (unpaired) electrons. The summed E-state index contributed by atoms with van der Waals surface area (Å²) in [5.74, 6) is -0.0933. The average molecular weight is 228 g/mol. The van der Waals surface area contributed by atoms with E-state index < -0.39 is 11.1 Å². The summed E-state index contributed by atoms with van der Waals surface area (Å²) in [6.07, 6.45) is 3.45. The standard InChI is InChI=1S/C9H12N2O3S/c12-9(11-3-1-2-4-11)8-5-7(6-10-8)15(13)14/h5-6,10H,1-4H2,(H,13,14). The number of likely N-dealkylation sites (tertiary alicyclic amines) is 1. The predicted octanol–water partition coefficient (Wildman–Crippen LogP) is 0.831. The Morgan fingerprint density at radius 2 is 2.13 bits per heavy atom. The number of nitrogens with zero attached hydrogens (tertiary/aromatic N) is 1. The molecule has 0 aromatic carbocycles. The van der Waals surface area contributed by atoms with Crippen LogP contribution in [0.4, 0.5) is 0 Å². The molecule has 1 saturated heterocycles. The van der Waals surface area contributed by atoms with Gasteiger partial charge in [0.15, 0.2) is 11.1 Å². The Labute approximate surface area is 89.8 Å². The van der Waals surface area contributed by atoms with Crippen LogP contribution in [-0.4, -0.2) is 37.6 Å². The van der Waals surface area contributed by atoms with E-state index in [-0.39, 0.29) is 10.8 Å². The predicted molar refractivity (Wildman–Crippen MR) is 55.0 cm³/mol. The van der Waals surface area contributed by atoms with Gasteiger partial charge in [0.2, 0.25) is 0 Å². The highest BCUT2D eigenvalue weighted by atomic mass is 32.2. The minimum atomic E-state index is -2.03. The van der Waals surface area contributed by atoms with Crippen LogP contribution in [-0.2, 0) is 11.1 Å². The van der Waals surface area contributed by atoms with Crippen LogP contribution in [0.25, 0.3) is 0 Å². The van der Waals surface area contributed by atoms with Gasteiger partial charge in [0, 0.05) is 19.3 Å². The molecule has 1 aromatic heterocycles. The third kappa shape index (κ3) is 2.10. The summed E-state index contributed by atoms with van der Waals surface area (Å²) in [7, 11) is 0. The highest BCUT2D eigenvalue weighted by molar-refractivity contribution is 7.79. The number of aromatic amines is 1. The van der Waals surface area contributed by atoms with Crippen molar-refractivity contribution in [3.63, 3.8) is 0 Å². The van der Waals surface area contributed by atoms with Gasteiger partial charge in [-0.2, -0.15) is 0 Å². The summed E-state index contributed by atoms with van der Waals surface area (Å²) in [6, 6.07) is 1.43. The van der Waals surface area contributed by atoms with E-state index in [2.05, 4.69) is 4.98 Å². The molecule has 0 bridgehead atoms. The van der Waals surface area contributed by atoms with Gasteiger partial charge in [-0.25, -0.2) is 4.21 Å². The molecule has 6 heteroatoms. The maximum absolute atomic E-state index is 11.8. The molecule has 0 spiro atoms. The van der Waals surface area contributed by atoms with E-state index in [1.165, 1.54) is 12.3 Å². The summed E-state index contributed by atoms with van der Waals surface area (Å²) in [4.78, 5) is 16.5. The van der Waals surface area contributed by atoms with E-state index in [9.17, 15) is 9.00 Å². The third-order valence-corrected chi connectivity index (χ3v) is 3.12. The number of amides is 1. The van der Waals surface area contributed by atoms with Crippen LogP contribution >= 0.6 is 0 Å². The van der Waals surface area contributed by atoms with Gasteiger partial charge in [0.05, 0.1) is 4.90 Å². The molecule has 5 nitrogen and oxygen atoms in total. The second-order valence-corrected chi connectivity index (χ2v) is 4.47. The number of hydrogen-bond donors (Lipinski definition) is 2. The van der Waals surface area contributed by atoms with Crippen molar-refractivity contribution < 1.29 is 13.6 Å². The maximum Gasteiger partial charge on any atom is 0.270 e. The topological polar surface area (TPSA) is 73.4 Å². The van der Waals surface area contributed by atoms with Crippen LogP contribution in [0.5, 0.6) is 0 Å². The van der Waals surface area contributed by atoms with Crippen molar-refractivity contribution in [1.29, 1.82) is 0 Å². The summed E-state index contributed by atoms with van der Waals surface area (Å²) >= 11 is -2.03. The van der Waals surface area contributed by atoms with E-state index in [1.54, 1.807) is 4.90 Å². The average Bonchev–Trinajstić information content (AvgIpc) is 2.88. The fraction of sp³-hybridized carbons (Fsp3) is 0.444. The first kappa shape index (κ1) is 10.4. The molecule has 2 heterocycles. The van der Waals surface area contributed by atoms with E-state index >= 15 is 0 Å². The molecule has 0 aliphatic carbocycles. The smallest absolute Gasteiger partial charge is 0.270 e. The van der Waals surface area contributed by atoms with Crippen LogP contribution in [0.15, 0.2) is 17.2 Å². The Hall–Kier alpha value is -1.14. The fourth-order valence-corrected chi connectivity index (χ4v) is 2.07. The van der Waals surface area contributed by atoms with Gasteiger partial charge < -0.3 is 14.4 Å². The van der Waals surface area contributed by atoms with Crippen molar-refractivity contribution in [2.24, 2.45) is 0 Å². The summed E-state index contributed by atoms with van der Waals surface area (Å²) in [6.45, 7) is 1.55. The van der Waals surface area contributed by atoms with Crippen molar-refractivity contribution in [3.8, 4) is 0 Å². The Kier molecular flexibility index (Phi) is 2.88. The Balaban J connectivity index is 2.14. The lowest BCUT2D eigenvalue weighted by atomic mass is 10.4. The van der Waals surface area contributed by atoms with E-state index in [1.807, 2.05) is 0 Å². The molecule has 1 amide bonds. The molecule has 82 valence electrons.